The van der Waals surface area contributed by atoms with E-state index in [1.165, 1.54) is 25.7 Å². The van der Waals surface area contributed by atoms with Crippen molar-refractivity contribution in [1.29, 1.82) is 0 Å². The van der Waals surface area contributed by atoms with Gasteiger partial charge in [0.05, 0.1) is 0 Å². The van der Waals surface area contributed by atoms with E-state index in [1.807, 2.05) is 0 Å². The van der Waals surface area contributed by atoms with E-state index in [0.29, 0.717) is 64.8 Å². The Morgan fingerprint density at radius 3 is 0.897 bits per heavy atom. The lowest BCUT2D eigenvalue weighted by atomic mass is 9.52. The van der Waals surface area contributed by atoms with Crippen LogP contribution in [0.5, 0.6) is 0 Å². The van der Waals surface area contributed by atoms with E-state index in [9.17, 15) is 0 Å². The molecule has 2 heteroatoms. The van der Waals surface area contributed by atoms with Gasteiger partial charge in [-0.1, -0.05) is 69.2 Å². The van der Waals surface area contributed by atoms with Crippen molar-refractivity contribution in [3.63, 3.8) is 0 Å². The van der Waals surface area contributed by atoms with Gasteiger partial charge >= 0.3 is 0 Å². The fourth-order valence-electron chi connectivity index (χ4n) is 7.18. The molecular formula is C27H54N2. The molecule has 0 amide bonds. The zero-order valence-corrected chi connectivity index (χ0v) is 21.4. The minimum Gasteiger partial charge on any atom is -0.327 e. The minimum atomic E-state index is 0.362. The molecule has 0 heterocycles. The maximum absolute atomic E-state index is 6.83. The van der Waals surface area contributed by atoms with Crippen molar-refractivity contribution in [3.05, 3.63) is 0 Å². The third-order valence-electron chi connectivity index (χ3n) is 9.73. The van der Waals surface area contributed by atoms with Crippen molar-refractivity contribution in [3.8, 4) is 0 Å². The second-order valence-electron chi connectivity index (χ2n) is 12.9. The molecule has 0 spiro atoms. The number of rotatable bonds is 6. The predicted molar refractivity (Wildman–Crippen MR) is 128 cm³/mol. The normalized spacial score (nSPS) is 39.7. The third-order valence-corrected chi connectivity index (χ3v) is 9.73. The SMILES string of the molecule is CC(C)C1CC(C(C)(C)C2CC(C(C)C)C(N)C(C(C)C)C2)CC(C(C)C)C1N. The van der Waals surface area contributed by atoms with Gasteiger partial charge in [0.2, 0.25) is 0 Å². The van der Waals surface area contributed by atoms with Gasteiger partial charge in [0.1, 0.15) is 0 Å². The molecule has 0 bridgehead atoms. The first-order valence-corrected chi connectivity index (χ1v) is 12.8. The standard InChI is InChI=1S/C27H54N2/c1-15(2)21-11-19(12-22(16(3)4)25(21)28)27(9,10)20-13-23(17(5)6)26(29)24(14-20)18(7)8/h15-26H,11-14,28-29H2,1-10H3. The molecule has 0 radical (unpaired) electrons. The molecule has 4 atom stereocenters. The Morgan fingerprint density at radius 2 is 0.724 bits per heavy atom. The van der Waals surface area contributed by atoms with Crippen molar-refractivity contribution in [1.82, 2.24) is 0 Å². The summed E-state index contributed by atoms with van der Waals surface area (Å²) in [5, 5.41) is 0. The Balaban J connectivity index is 2.31. The van der Waals surface area contributed by atoms with Gasteiger partial charge in [-0.3, -0.25) is 0 Å². The van der Waals surface area contributed by atoms with Gasteiger partial charge in [-0.15, -0.1) is 0 Å². The van der Waals surface area contributed by atoms with Crippen molar-refractivity contribution >= 4 is 0 Å². The first-order valence-electron chi connectivity index (χ1n) is 12.8. The summed E-state index contributed by atoms with van der Waals surface area (Å²) in [6.45, 7) is 24.3. The zero-order chi connectivity index (χ0) is 22.3. The molecule has 4 N–H and O–H groups in total. The number of hydrogen-bond donors (Lipinski definition) is 2. The highest BCUT2D eigenvalue weighted by Gasteiger charge is 2.49. The Bertz CT molecular complexity index is 427. The van der Waals surface area contributed by atoms with Gasteiger partial charge in [-0.05, 0) is 90.3 Å². The monoisotopic (exact) mass is 406 g/mol. The lowest BCUT2D eigenvalue weighted by molar-refractivity contribution is -0.0360. The molecule has 0 aromatic heterocycles. The van der Waals surface area contributed by atoms with Crippen LogP contribution in [0.15, 0.2) is 0 Å². The summed E-state index contributed by atoms with van der Waals surface area (Å²) in [6.07, 6.45) is 5.26. The second-order valence-corrected chi connectivity index (χ2v) is 12.9. The summed E-state index contributed by atoms with van der Waals surface area (Å²) in [4.78, 5) is 0. The highest BCUT2D eigenvalue weighted by Crippen LogP contribution is 2.54. The molecule has 4 unspecified atom stereocenters. The predicted octanol–water partition coefficient (Wildman–Crippen LogP) is 6.58. The molecular weight excluding hydrogens is 352 g/mol. The fraction of sp³-hybridized carbons (Fsp3) is 1.00. The van der Waals surface area contributed by atoms with Crippen molar-refractivity contribution in [2.45, 2.75) is 107 Å². The lowest BCUT2D eigenvalue weighted by Gasteiger charge is -2.55. The van der Waals surface area contributed by atoms with Crippen molar-refractivity contribution < 1.29 is 0 Å². The molecule has 0 saturated heterocycles. The van der Waals surface area contributed by atoms with Gasteiger partial charge in [0.15, 0.2) is 0 Å². The summed E-state index contributed by atoms with van der Waals surface area (Å²) in [5.74, 6) is 6.91. The average molecular weight is 407 g/mol. The summed E-state index contributed by atoms with van der Waals surface area (Å²) in [6, 6.07) is 0.738. The quantitative estimate of drug-likeness (QED) is 0.523. The number of nitrogens with two attached hydrogens (primary N) is 2. The zero-order valence-electron chi connectivity index (χ0n) is 21.4. The van der Waals surface area contributed by atoms with Crippen LogP contribution in [0.1, 0.15) is 94.9 Å². The first-order chi connectivity index (χ1) is 13.3. The Labute approximate surface area is 183 Å². The minimum absolute atomic E-state index is 0.362. The molecule has 0 aromatic rings. The summed E-state index contributed by atoms with van der Waals surface area (Å²) >= 11 is 0. The topological polar surface area (TPSA) is 52.0 Å². The van der Waals surface area contributed by atoms with Gasteiger partial charge < -0.3 is 11.5 Å². The van der Waals surface area contributed by atoms with Gasteiger partial charge in [-0.25, -0.2) is 0 Å². The van der Waals surface area contributed by atoms with Crippen LogP contribution < -0.4 is 11.5 Å². The van der Waals surface area contributed by atoms with Crippen LogP contribution in [0, 0.1) is 64.6 Å². The molecule has 0 aromatic carbocycles. The van der Waals surface area contributed by atoms with Gasteiger partial charge in [0, 0.05) is 12.1 Å². The molecule has 2 rings (SSSR count). The summed E-state index contributed by atoms with van der Waals surface area (Å²) in [7, 11) is 0. The van der Waals surface area contributed by atoms with Crippen LogP contribution in [-0.2, 0) is 0 Å². The Hall–Kier alpha value is -0.0800. The summed E-state index contributed by atoms with van der Waals surface area (Å²) < 4.78 is 0. The molecule has 2 aliphatic carbocycles. The first kappa shape index (κ1) is 25.2. The smallest absolute Gasteiger partial charge is 0.0101 e. The Kier molecular flexibility index (Phi) is 8.33. The fourth-order valence-corrected chi connectivity index (χ4v) is 7.18. The molecule has 2 fully saturated rings. The molecule has 2 saturated carbocycles. The van der Waals surface area contributed by atoms with E-state index >= 15 is 0 Å². The highest BCUT2D eigenvalue weighted by molar-refractivity contribution is 5.01. The second kappa shape index (κ2) is 9.60. The molecule has 172 valence electrons. The third kappa shape index (κ3) is 5.22. The molecule has 29 heavy (non-hydrogen) atoms. The molecule has 2 aliphatic rings. The van der Waals surface area contributed by atoms with Crippen LogP contribution in [0.2, 0.25) is 0 Å². The van der Waals surface area contributed by atoms with E-state index in [-0.39, 0.29) is 0 Å². The molecule has 2 nitrogen and oxygen atoms in total. The van der Waals surface area contributed by atoms with Crippen LogP contribution in [0.3, 0.4) is 0 Å². The van der Waals surface area contributed by atoms with E-state index < -0.39 is 0 Å². The largest absolute Gasteiger partial charge is 0.327 e. The van der Waals surface area contributed by atoms with Crippen LogP contribution in [0.4, 0.5) is 0 Å². The molecule has 0 aliphatic heterocycles. The summed E-state index contributed by atoms with van der Waals surface area (Å²) in [5.41, 5.74) is 14.0. The van der Waals surface area contributed by atoms with Crippen molar-refractivity contribution in [2.75, 3.05) is 0 Å². The Morgan fingerprint density at radius 1 is 0.517 bits per heavy atom. The maximum Gasteiger partial charge on any atom is 0.0101 e. The van der Waals surface area contributed by atoms with Crippen LogP contribution in [0.25, 0.3) is 0 Å². The average Bonchev–Trinajstić information content (AvgIpc) is 2.60. The van der Waals surface area contributed by atoms with Crippen LogP contribution >= 0.6 is 0 Å². The number of hydrogen-bond acceptors (Lipinski definition) is 2. The van der Waals surface area contributed by atoms with E-state index in [2.05, 4.69) is 69.2 Å². The van der Waals surface area contributed by atoms with E-state index in [0.717, 1.165) is 11.8 Å². The highest BCUT2D eigenvalue weighted by atomic mass is 14.7. The van der Waals surface area contributed by atoms with E-state index in [4.69, 9.17) is 11.5 Å². The van der Waals surface area contributed by atoms with Crippen molar-refractivity contribution in [2.24, 2.45) is 76.1 Å². The van der Waals surface area contributed by atoms with Crippen LogP contribution in [-0.4, -0.2) is 12.1 Å². The maximum atomic E-state index is 6.83. The van der Waals surface area contributed by atoms with Gasteiger partial charge in [-0.2, -0.15) is 0 Å². The lowest BCUT2D eigenvalue weighted by Crippen LogP contribution is -2.54. The van der Waals surface area contributed by atoms with Gasteiger partial charge in [0.25, 0.3) is 0 Å². The van der Waals surface area contributed by atoms with E-state index in [1.54, 1.807) is 0 Å².